The molecule has 0 aliphatic heterocycles. The number of thioether (sulfide) groups is 1. The molecule has 0 saturated heterocycles. The van der Waals surface area contributed by atoms with Gasteiger partial charge in [-0.2, -0.15) is 0 Å². The topological polar surface area (TPSA) is 20.2 Å². The largest absolute Gasteiger partial charge is 0.506 e. The maximum absolute atomic E-state index is 9.91. The molecule has 1 nitrogen and oxygen atoms in total. The van der Waals surface area contributed by atoms with Crippen molar-refractivity contribution in [1.29, 1.82) is 0 Å². The lowest BCUT2D eigenvalue weighted by Crippen LogP contribution is -1.83. The summed E-state index contributed by atoms with van der Waals surface area (Å²) in [6.07, 6.45) is 1.95. The molecule has 14 heavy (non-hydrogen) atoms. The summed E-state index contributed by atoms with van der Waals surface area (Å²) in [5, 5.41) is 13.1. The molecule has 2 rings (SSSR count). The first kappa shape index (κ1) is 10.1. The zero-order chi connectivity index (χ0) is 10.1. The van der Waals surface area contributed by atoms with Gasteiger partial charge in [-0.3, -0.25) is 0 Å². The van der Waals surface area contributed by atoms with Crippen molar-refractivity contribution in [3.63, 3.8) is 0 Å². The summed E-state index contributed by atoms with van der Waals surface area (Å²) in [6, 6.07) is 4.05. The first-order valence-corrected chi connectivity index (χ1v) is 6.73. The smallest absolute Gasteiger partial charge is 0.134 e. The van der Waals surface area contributed by atoms with Gasteiger partial charge in [0.2, 0.25) is 0 Å². The first-order chi connectivity index (χ1) is 6.77. The molecule has 0 spiro atoms. The van der Waals surface area contributed by atoms with Crippen molar-refractivity contribution in [2.45, 2.75) is 10.8 Å². The second-order valence-electron chi connectivity index (χ2n) is 2.88. The van der Waals surface area contributed by atoms with Crippen LogP contribution in [0.1, 0.15) is 5.56 Å². The Morgan fingerprint density at radius 2 is 2.36 bits per heavy atom. The second-order valence-corrected chi connectivity index (χ2v) is 4.91. The fourth-order valence-electron chi connectivity index (χ4n) is 1.42. The van der Waals surface area contributed by atoms with Crippen LogP contribution in [0.25, 0.3) is 10.1 Å². The predicted molar refractivity (Wildman–Crippen MR) is 64.8 cm³/mol. The molecule has 0 bridgehead atoms. The van der Waals surface area contributed by atoms with E-state index in [1.807, 2.05) is 17.7 Å². The lowest BCUT2D eigenvalue weighted by atomic mass is 10.1. The summed E-state index contributed by atoms with van der Waals surface area (Å²) in [5.41, 5.74) is 0.850. The molecular weight excluding hydrogens is 236 g/mol. The van der Waals surface area contributed by atoms with Gasteiger partial charge in [-0.15, -0.1) is 34.7 Å². The molecule has 1 aromatic heterocycles. The fourth-order valence-corrected chi connectivity index (χ4v) is 3.25. The Kier molecular flexibility index (Phi) is 2.91. The van der Waals surface area contributed by atoms with Gasteiger partial charge in [0.25, 0.3) is 0 Å². The van der Waals surface area contributed by atoms with E-state index in [0.717, 1.165) is 20.5 Å². The zero-order valence-corrected chi connectivity index (χ0v) is 9.97. The normalized spacial score (nSPS) is 11.0. The molecule has 0 amide bonds. The van der Waals surface area contributed by atoms with Crippen LogP contribution in [-0.2, 0) is 5.88 Å². The van der Waals surface area contributed by atoms with E-state index >= 15 is 0 Å². The molecule has 74 valence electrons. The van der Waals surface area contributed by atoms with Crippen molar-refractivity contribution in [2.75, 3.05) is 6.26 Å². The minimum atomic E-state index is 0.336. The number of benzene rings is 1. The number of thiophene rings is 1. The Morgan fingerprint density at radius 1 is 1.57 bits per heavy atom. The minimum absolute atomic E-state index is 0.336. The number of alkyl halides is 1. The quantitative estimate of drug-likeness (QED) is 0.635. The van der Waals surface area contributed by atoms with Gasteiger partial charge in [0.15, 0.2) is 0 Å². The summed E-state index contributed by atoms with van der Waals surface area (Å²) >= 11 is 8.99. The molecule has 4 heteroatoms. The number of fused-ring (bicyclic) bond motifs is 1. The zero-order valence-electron chi connectivity index (χ0n) is 7.58. The molecule has 1 heterocycles. The third-order valence-electron chi connectivity index (χ3n) is 2.13. The van der Waals surface area contributed by atoms with Crippen molar-refractivity contribution in [1.82, 2.24) is 0 Å². The summed E-state index contributed by atoms with van der Waals surface area (Å²) in [5.74, 6) is 0.694. The Hall–Kier alpha value is -0.380. The van der Waals surface area contributed by atoms with Crippen LogP contribution in [0.2, 0.25) is 0 Å². The Labute approximate surface area is 95.7 Å². The van der Waals surface area contributed by atoms with Crippen molar-refractivity contribution >= 4 is 44.8 Å². The molecule has 0 unspecified atom stereocenters. The first-order valence-electron chi connectivity index (χ1n) is 4.10. The number of hydrogen-bond acceptors (Lipinski definition) is 3. The van der Waals surface area contributed by atoms with Crippen LogP contribution in [0.5, 0.6) is 5.75 Å². The van der Waals surface area contributed by atoms with E-state index in [9.17, 15) is 5.11 Å². The lowest BCUT2D eigenvalue weighted by Gasteiger charge is -2.07. The van der Waals surface area contributed by atoms with Crippen molar-refractivity contribution in [3.05, 3.63) is 23.1 Å². The highest BCUT2D eigenvalue weighted by molar-refractivity contribution is 7.98. The van der Waals surface area contributed by atoms with Gasteiger partial charge in [-0.25, -0.2) is 0 Å². The molecule has 0 radical (unpaired) electrons. The van der Waals surface area contributed by atoms with Crippen LogP contribution in [0.3, 0.4) is 0 Å². The highest BCUT2D eigenvalue weighted by Crippen LogP contribution is 2.39. The van der Waals surface area contributed by atoms with Crippen LogP contribution in [-0.4, -0.2) is 11.4 Å². The summed E-state index contributed by atoms with van der Waals surface area (Å²) in [4.78, 5) is 0.895. The summed E-state index contributed by atoms with van der Waals surface area (Å²) in [6.45, 7) is 0. The third-order valence-corrected chi connectivity index (χ3v) is 4.14. The molecule has 1 N–H and O–H groups in total. The molecule has 0 aliphatic rings. The summed E-state index contributed by atoms with van der Waals surface area (Å²) < 4.78 is 1.09. The molecule has 0 aliphatic carbocycles. The highest BCUT2D eigenvalue weighted by atomic mass is 35.5. The van der Waals surface area contributed by atoms with Crippen LogP contribution >= 0.6 is 34.7 Å². The predicted octanol–water partition coefficient (Wildman–Crippen LogP) is 4.07. The molecule has 0 saturated carbocycles. The van der Waals surface area contributed by atoms with Crippen molar-refractivity contribution < 1.29 is 5.11 Å². The van der Waals surface area contributed by atoms with Gasteiger partial charge in [0.1, 0.15) is 5.75 Å². The van der Waals surface area contributed by atoms with Gasteiger partial charge in [0.05, 0.1) is 5.88 Å². The second kappa shape index (κ2) is 4.01. The molecule has 0 atom stereocenters. The number of aromatic hydroxyl groups is 1. The van der Waals surface area contributed by atoms with E-state index in [1.54, 1.807) is 11.3 Å². The van der Waals surface area contributed by atoms with Crippen molar-refractivity contribution in [3.8, 4) is 5.75 Å². The van der Waals surface area contributed by atoms with Gasteiger partial charge in [-0.1, -0.05) is 0 Å². The van der Waals surface area contributed by atoms with E-state index in [2.05, 4.69) is 6.07 Å². The SMILES string of the molecule is CSc1cc2ccsc2c(CCl)c1O. The maximum Gasteiger partial charge on any atom is 0.134 e. The average molecular weight is 245 g/mol. The van der Waals surface area contributed by atoms with Gasteiger partial charge < -0.3 is 5.11 Å². The number of hydrogen-bond donors (Lipinski definition) is 1. The minimum Gasteiger partial charge on any atom is -0.506 e. The Morgan fingerprint density at radius 3 is 3.00 bits per heavy atom. The molecule has 1 aromatic carbocycles. The van der Waals surface area contributed by atoms with Crippen molar-refractivity contribution in [2.24, 2.45) is 0 Å². The molecule has 2 aromatic rings. The third kappa shape index (κ3) is 1.49. The number of phenols is 1. The van der Waals surface area contributed by atoms with Crippen LogP contribution in [0, 0.1) is 0 Å². The Balaban J connectivity index is 2.80. The van der Waals surface area contributed by atoms with E-state index in [1.165, 1.54) is 11.8 Å². The fraction of sp³-hybridized carbons (Fsp3) is 0.200. The lowest BCUT2D eigenvalue weighted by molar-refractivity contribution is 0.459. The number of rotatable bonds is 2. The Bertz CT molecular complexity index is 464. The van der Waals surface area contributed by atoms with Crippen LogP contribution < -0.4 is 0 Å². The van der Waals surface area contributed by atoms with Gasteiger partial charge in [0, 0.05) is 15.2 Å². The standard InChI is InChI=1S/C10H9ClOS2/c1-13-8-4-6-2-3-14-10(6)7(5-11)9(8)12/h2-4,12H,5H2,1H3. The molecule has 0 fully saturated rings. The van der Waals surface area contributed by atoms with Crippen LogP contribution in [0.4, 0.5) is 0 Å². The van der Waals surface area contributed by atoms with Crippen LogP contribution in [0.15, 0.2) is 22.4 Å². The van der Waals surface area contributed by atoms with E-state index in [-0.39, 0.29) is 0 Å². The average Bonchev–Trinajstić information content (AvgIpc) is 2.64. The number of halogens is 1. The van der Waals surface area contributed by atoms with E-state index in [0.29, 0.717) is 11.6 Å². The maximum atomic E-state index is 9.91. The monoisotopic (exact) mass is 244 g/mol. The van der Waals surface area contributed by atoms with E-state index in [4.69, 9.17) is 11.6 Å². The molecular formula is C10H9ClOS2. The van der Waals surface area contributed by atoms with Gasteiger partial charge >= 0.3 is 0 Å². The number of phenolic OH excluding ortho intramolecular Hbond substituents is 1. The van der Waals surface area contributed by atoms with E-state index < -0.39 is 0 Å². The highest BCUT2D eigenvalue weighted by Gasteiger charge is 2.11. The summed E-state index contributed by atoms with van der Waals surface area (Å²) in [7, 11) is 0. The van der Waals surface area contributed by atoms with Gasteiger partial charge in [-0.05, 0) is 29.2 Å².